The van der Waals surface area contributed by atoms with Crippen LogP contribution in [0, 0.1) is 5.21 Å². The molecule has 1 unspecified atom stereocenters. The summed E-state index contributed by atoms with van der Waals surface area (Å²) in [6, 6.07) is 7.14. The molecule has 0 fully saturated rings. The van der Waals surface area contributed by atoms with E-state index in [4.69, 9.17) is 9.94 Å². The van der Waals surface area contributed by atoms with E-state index in [0.717, 1.165) is 17.5 Å². The van der Waals surface area contributed by atoms with Crippen LogP contribution in [0.25, 0.3) is 6.08 Å². The van der Waals surface area contributed by atoms with Crippen molar-refractivity contribution in [2.75, 3.05) is 7.11 Å². The Hall–Kier alpha value is -1.36. The highest BCUT2D eigenvalue weighted by Crippen LogP contribution is 2.11. The van der Waals surface area contributed by atoms with Gasteiger partial charge < -0.3 is 9.94 Å². The van der Waals surface area contributed by atoms with Gasteiger partial charge in [0.25, 0.3) is 0 Å². The molecule has 0 amide bonds. The Morgan fingerprint density at radius 3 is 2.46 bits per heavy atom. The van der Waals surface area contributed by atoms with Crippen molar-refractivity contribution in [3.8, 4) is 5.75 Å². The number of rotatable bonds is 3. The molecule has 1 aromatic carbocycles. The molecule has 0 aliphatic carbocycles. The molecular formula is C9H11NO3. The van der Waals surface area contributed by atoms with Gasteiger partial charge in [0.05, 0.1) is 7.11 Å². The molecule has 0 aliphatic rings. The molecular weight excluding hydrogens is 170 g/mol. The fourth-order valence-electron chi connectivity index (χ4n) is 0.883. The maximum atomic E-state index is 10.2. The molecule has 13 heavy (non-hydrogen) atoms. The zero-order chi connectivity index (χ0) is 9.68. The third kappa shape index (κ3) is 3.25. The van der Waals surface area contributed by atoms with Crippen LogP contribution in [0.15, 0.2) is 30.5 Å². The van der Waals surface area contributed by atoms with E-state index < -0.39 is 5.23 Å². The summed E-state index contributed by atoms with van der Waals surface area (Å²) in [6.07, 6.45) is 2.63. The first-order valence-corrected chi connectivity index (χ1v) is 3.77. The largest absolute Gasteiger partial charge is 0.595 e. The lowest BCUT2D eigenvalue weighted by Crippen LogP contribution is -2.99. The SMILES string of the molecule is COc1ccc(C=C[NH+]([O-])O)cc1. The van der Waals surface area contributed by atoms with Crippen LogP contribution in [-0.2, 0) is 0 Å². The quantitative estimate of drug-likeness (QED) is 0.665. The molecule has 0 heterocycles. The number of benzene rings is 1. The smallest absolute Gasteiger partial charge is 0.127 e. The van der Waals surface area contributed by atoms with E-state index in [1.165, 1.54) is 6.08 Å². The van der Waals surface area contributed by atoms with Crippen LogP contribution in [0.1, 0.15) is 5.56 Å². The minimum absolute atomic E-state index is 0.757. The van der Waals surface area contributed by atoms with E-state index in [-0.39, 0.29) is 0 Å². The number of quaternary nitrogens is 1. The number of ether oxygens (including phenoxy) is 1. The van der Waals surface area contributed by atoms with Gasteiger partial charge in [-0.1, -0.05) is 12.1 Å². The molecule has 0 aromatic heterocycles. The molecule has 0 aliphatic heterocycles. The molecule has 0 spiro atoms. The fraction of sp³-hybridized carbons (Fsp3) is 0.111. The van der Waals surface area contributed by atoms with Crippen molar-refractivity contribution in [1.29, 1.82) is 0 Å². The maximum absolute atomic E-state index is 10.2. The zero-order valence-electron chi connectivity index (χ0n) is 7.23. The molecule has 2 N–H and O–H groups in total. The van der Waals surface area contributed by atoms with Crippen LogP contribution in [0.3, 0.4) is 0 Å². The summed E-state index contributed by atoms with van der Waals surface area (Å²) in [5, 5.41) is 17.6. The third-order valence-electron chi connectivity index (χ3n) is 1.53. The Bertz CT molecular complexity index is 279. The van der Waals surface area contributed by atoms with Gasteiger partial charge in [0.2, 0.25) is 0 Å². The van der Waals surface area contributed by atoms with Gasteiger partial charge in [0.15, 0.2) is 0 Å². The number of hydrogen-bond donors (Lipinski definition) is 2. The average Bonchev–Trinajstić information content (AvgIpc) is 2.15. The van der Waals surface area contributed by atoms with Crippen molar-refractivity contribution >= 4 is 6.08 Å². The Labute approximate surface area is 76.2 Å². The van der Waals surface area contributed by atoms with Crippen LogP contribution in [0.5, 0.6) is 5.75 Å². The van der Waals surface area contributed by atoms with E-state index in [1.807, 2.05) is 0 Å². The van der Waals surface area contributed by atoms with Gasteiger partial charge in [-0.3, -0.25) is 0 Å². The van der Waals surface area contributed by atoms with E-state index in [9.17, 15) is 5.21 Å². The Balaban J connectivity index is 2.69. The molecule has 0 radical (unpaired) electrons. The van der Waals surface area contributed by atoms with Crippen molar-refractivity contribution in [1.82, 2.24) is 0 Å². The maximum Gasteiger partial charge on any atom is 0.127 e. The lowest BCUT2D eigenvalue weighted by molar-refractivity contribution is -1.00. The summed E-state index contributed by atoms with van der Waals surface area (Å²) in [5.41, 5.74) is 0.836. The van der Waals surface area contributed by atoms with E-state index >= 15 is 0 Å². The summed E-state index contributed by atoms with van der Waals surface area (Å²) in [7, 11) is 1.59. The highest BCUT2D eigenvalue weighted by Gasteiger charge is 1.90. The first-order valence-electron chi connectivity index (χ1n) is 3.77. The van der Waals surface area contributed by atoms with Gasteiger partial charge in [-0.15, -0.1) is 0 Å². The molecule has 0 saturated heterocycles. The molecule has 0 bridgehead atoms. The topological polar surface area (TPSA) is 57.0 Å². The number of methoxy groups -OCH3 is 1. The fourth-order valence-corrected chi connectivity index (χ4v) is 0.883. The second-order valence-corrected chi connectivity index (χ2v) is 2.44. The summed E-state index contributed by atoms with van der Waals surface area (Å²) in [4.78, 5) is 0. The molecule has 0 saturated carbocycles. The van der Waals surface area contributed by atoms with Crippen molar-refractivity contribution in [2.45, 2.75) is 0 Å². The van der Waals surface area contributed by atoms with Crippen molar-refractivity contribution < 1.29 is 15.2 Å². The summed E-state index contributed by atoms with van der Waals surface area (Å²) in [5.74, 6) is 0.757. The van der Waals surface area contributed by atoms with E-state index in [2.05, 4.69) is 0 Å². The first kappa shape index (κ1) is 9.73. The monoisotopic (exact) mass is 181 g/mol. The molecule has 1 rings (SSSR count). The van der Waals surface area contributed by atoms with Gasteiger partial charge in [0.1, 0.15) is 11.9 Å². The van der Waals surface area contributed by atoms with E-state index in [0.29, 0.717) is 0 Å². The second kappa shape index (κ2) is 4.61. The number of hydrogen-bond acceptors (Lipinski definition) is 3. The predicted molar refractivity (Wildman–Crippen MR) is 48.1 cm³/mol. The standard InChI is InChI=1S/C9H11NO3/c1-13-9-4-2-8(3-5-9)6-7-10(11)12/h2-7,10-11H,1H3. The van der Waals surface area contributed by atoms with Crippen molar-refractivity contribution in [3.05, 3.63) is 41.2 Å². The van der Waals surface area contributed by atoms with Crippen LogP contribution in [0.4, 0.5) is 0 Å². The van der Waals surface area contributed by atoms with Crippen LogP contribution >= 0.6 is 0 Å². The van der Waals surface area contributed by atoms with Crippen molar-refractivity contribution in [3.63, 3.8) is 0 Å². The highest BCUT2D eigenvalue weighted by atomic mass is 16.8. The minimum Gasteiger partial charge on any atom is -0.595 e. The zero-order valence-corrected chi connectivity index (χ0v) is 7.23. The van der Waals surface area contributed by atoms with Crippen LogP contribution in [-0.4, -0.2) is 12.3 Å². The van der Waals surface area contributed by atoms with Gasteiger partial charge in [-0.25, -0.2) is 10.4 Å². The Morgan fingerprint density at radius 2 is 2.00 bits per heavy atom. The molecule has 1 aromatic rings. The van der Waals surface area contributed by atoms with Crippen molar-refractivity contribution in [2.24, 2.45) is 0 Å². The highest BCUT2D eigenvalue weighted by molar-refractivity contribution is 5.49. The van der Waals surface area contributed by atoms with Gasteiger partial charge in [-0.05, 0) is 17.7 Å². The normalized spacial score (nSPS) is 13.2. The second-order valence-electron chi connectivity index (χ2n) is 2.44. The minimum atomic E-state index is -0.948. The number of hydroxylamine groups is 2. The van der Waals surface area contributed by atoms with Gasteiger partial charge in [0, 0.05) is 6.08 Å². The number of nitrogens with one attached hydrogen (secondary N) is 1. The Kier molecular flexibility index (Phi) is 3.45. The summed E-state index contributed by atoms with van der Waals surface area (Å²) >= 11 is 0. The van der Waals surface area contributed by atoms with Crippen LogP contribution < -0.4 is 9.96 Å². The van der Waals surface area contributed by atoms with Gasteiger partial charge in [-0.2, -0.15) is 0 Å². The molecule has 4 nitrogen and oxygen atoms in total. The van der Waals surface area contributed by atoms with Gasteiger partial charge >= 0.3 is 0 Å². The third-order valence-corrected chi connectivity index (χ3v) is 1.53. The Morgan fingerprint density at radius 1 is 1.38 bits per heavy atom. The average molecular weight is 181 g/mol. The molecule has 70 valence electrons. The van der Waals surface area contributed by atoms with Crippen LogP contribution in [0.2, 0.25) is 0 Å². The van der Waals surface area contributed by atoms with E-state index in [1.54, 1.807) is 31.4 Å². The lowest BCUT2D eigenvalue weighted by atomic mass is 10.2. The molecule has 4 heteroatoms. The first-order chi connectivity index (χ1) is 6.22. The molecule has 1 atom stereocenters. The predicted octanol–water partition coefficient (Wildman–Crippen LogP) is 0.438. The lowest BCUT2D eigenvalue weighted by Gasteiger charge is -2.04. The summed E-state index contributed by atoms with van der Waals surface area (Å²) in [6.45, 7) is 0. The summed E-state index contributed by atoms with van der Waals surface area (Å²) < 4.78 is 4.95.